The van der Waals surface area contributed by atoms with Crippen LogP contribution in [0.3, 0.4) is 0 Å². The predicted molar refractivity (Wildman–Crippen MR) is 58.0 cm³/mol. The predicted octanol–water partition coefficient (Wildman–Crippen LogP) is 2.19. The van der Waals surface area contributed by atoms with Gasteiger partial charge in [0.2, 0.25) is 0 Å². The highest BCUT2D eigenvalue weighted by Gasteiger charge is 2.20. The standard InChI is InChI=1S/C9H12INO/c1-9(2,11)8-6(10)4-3-5-7(8)12/h3-5,12H,11H2,1-2H3. The minimum Gasteiger partial charge on any atom is -0.508 e. The number of phenols is 1. The van der Waals surface area contributed by atoms with E-state index in [1.807, 2.05) is 26.0 Å². The van der Waals surface area contributed by atoms with Crippen molar-refractivity contribution in [1.82, 2.24) is 0 Å². The fourth-order valence-corrected chi connectivity index (χ4v) is 2.33. The molecule has 3 heteroatoms. The molecule has 0 radical (unpaired) electrons. The van der Waals surface area contributed by atoms with E-state index in [0.717, 1.165) is 9.13 Å². The molecule has 0 fully saturated rings. The van der Waals surface area contributed by atoms with Gasteiger partial charge in [0.15, 0.2) is 0 Å². The zero-order valence-electron chi connectivity index (χ0n) is 7.13. The molecule has 12 heavy (non-hydrogen) atoms. The van der Waals surface area contributed by atoms with Crippen LogP contribution < -0.4 is 5.73 Å². The summed E-state index contributed by atoms with van der Waals surface area (Å²) in [4.78, 5) is 0. The topological polar surface area (TPSA) is 46.2 Å². The molecule has 1 rings (SSSR count). The number of hydrogen-bond donors (Lipinski definition) is 2. The molecule has 0 atom stereocenters. The van der Waals surface area contributed by atoms with Gasteiger partial charge in [-0.25, -0.2) is 0 Å². The molecule has 0 bridgehead atoms. The van der Waals surface area contributed by atoms with Crippen LogP contribution in [-0.2, 0) is 5.54 Å². The van der Waals surface area contributed by atoms with Crippen LogP contribution in [0.1, 0.15) is 19.4 Å². The summed E-state index contributed by atoms with van der Waals surface area (Å²) >= 11 is 2.17. The van der Waals surface area contributed by atoms with Crippen molar-refractivity contribution in [3.05, 3.63) is 27.3 Å². The molecule has 0 aliphatic heterocycles. The Balaban J connectivity index is 3.31. The minimum atomic E-state index is -0.484. The lowest BCUT2D eigenvalue weighted by molar-refractivity contribution is 0.439. The quantitative estimate of drug-likeness (QED) is 0.773. The first-order valence-corrected chi connectivity index (χ1v) is 4.77. The zero-order valence-corrected chi connectivity index (χ0v) is 9.29. The van der Waals surface area contributed by atoms with Gasteiger partial charge in [0.05, 0.1) is 0 Å². The Labute approximate surface area is 85.9 Å². The number of aromatic hydroxyl groups is 1. The third-order valence-electron chi connectivity index (χ3n) is 1.64. The van der Waals surface area contributed by atoms with E-state index in [1.54, 1.807) is 6.07 Å². The molecule has 66 valence electrons. The summed E-state index contributed by atoms with van der Waals surface area (Å²) in [5, 5.41) is 9.54. The summed E-state index contributed by atoms with van der Waals surface area (Å²) in [6.45, 7) is 3.76. The summed E-state index contributed by atoms with van der Waals surface area (Å²) < 4.78 is 1.00. The highest BCUT2D eigenvalue weighted by atomic mass is 127. The molecule has 0 aliphatic carbocycles. The first-order valence-electron chi connectivity index (χ1n) is 3.70. The molecule has 0 aromatic heterocycles. The monoisotopic (exact) mass is 277 g/mol. The van der Waals surface area contributed by atoms with Crippen LogP contribution in [0.4, 0.5) is 0 Å². The van der Waals surface area contributed by atoms with E-state index in [0.29, 0.717) is 0 Å². The molecule has 0 aliphatic rings. The van der Waals surface area contributed by atoms with Crippen molar-refractivity contribution in [2.75, 3.05) is 0 Å². The van der Waals surface area contributed by atoms with Crippen molar-refractivity contribution < 1.29 is 5.11 Å². The fourth-order valence-electron chi connectivity index (χ4n) is 1.15. The van der Waals surface area contributed by atoms with Crippen LogP contribution in [0.2, 0.25) is 0 Å². The van der Waals surface area contributed by atoms with Crippen LogP contribution in [0.15, 0.2) is 18.2 Å². The Hall–Kier alpha value is -0.290. The number of benzene rings is 1. The highest BCUT2D eigenvalue weighted by Crippen LogP contribution is 2.30. The van der Waals surface area contributed by atoms with Gasteiger partial charge in [0, 0.05) is 14.7 Å². The van der Waals surface area contributed by atoms with Gasteiger partial charge in [-0.15, -0.1) is 0 Å². The summed E-state index contributed by atoms with van der Waals surface area (Å²) in [6, 6.07) is 5.41. The molecule has 0 amide bonds. The van der Waals surface area contributed by atoms with Gasteiger partial charge in [-0.1, -0.05) is 6.07 Å². The first-order chi connectivity index (χ1) is 5.43. The maximum atomic E-state index is 9.54. The molecular weight excluding hydrogens is 265 g/mol. The van der Waals surface area contributed by atoms with Crippen LogP contribution in [0.5, 0.6) is 5.75 Å². The van der Waals surface area contributed by atoms with Crippen molar-refractivity contribution >= 4 is 22.6 Å². The largest absolute Gasteiger partial charge is 0.508 e. The lowest BCUT2D eigenvalue weighted by atomic mass is 9.95. The van der Waals surface area contributed by atoms with E-state index < -0.39 is 5.54 Å². The van der Waals surface area contributed by atoms with Crippen LogP contribution in [0, 0.1) is 3.57 Å². The summed E-state index contributed by atoms with van der Waals surface area (Å²) in [5.74, 6) is 0.273. The smallest absolute Gasteiger partial charge is 0.121 e. The number of hydrogen-bond acceptors (Lipinski definition) is 2. The Bertz CT molecular complexity index is 271. The van der Waals surface area contributed by atoms with Crippen LogP contribution in [0.25, 0.3) is 0 Å². The zero-order chi connectivity index (χ0) is 9.35. The van der Waals surface area contributed by atoms with Gasteiger partial charge >= 0.3 is 0 Å². The van der Waals surface area contributed by atoms with Gasteiger partial charge in [-0.05, 0) is 48.6 Å². The minimum absolute atomic E-state index is 0.273. The second-order valence-corrected chi connectivity index (χ2v) is 4.52. The van der Waals surface area contributed by atoms with Gasteiger partial charge < -0.3 is 10.8 Å². The van der Waals surface area contributed by atoms with E-state index in [-0.39, 0.29) is 5.75 Å². The van der Waals surface area contributed by atoms with Gasteiger partial charge in [-0.2, -0.15) is 0 Å². The number of phenolic OH excluding ortho intramolecular Hbond substituents is 1. The lowest BCUT2D eigenvalue weighted by Crippen LogP contribution is -2.29. The molecular formula is C9H12INO. The number of halogens is 1. The molecule has 2 nitrogen and oxygen atoms in total. The van der Waals surface area contributed by atoms with E-state index >= 15 is 0 Å². The SMILES string of the molecule is CC(C)(N)c1c(O)cccc1I. The van der Waals surface area contributed by atoms with Crippen molar-refractivity contribution in [2.45, 2.75) is 19.4 Å². The van der Waals surface area contributed by atoms with Gasteiger partial charge in [-0.3, -0.25) is 0 Å². The second-order valence-electron chi connectivity index (χ2n) is 3.36. The molecule has 1 aromatic rings. The fraction of sp³-hybridized carbons (Fsp3) is 0.333. The number of rotatable bonds is 1. The maximum absolute atomic E-state index is 9.54. The van der Waals surface area contributed by atoms with Gasteiger partial charge in [0.1, 0.15) is 5.75 Å². The average molecular weight is 277 g/mol. The summed E-state index contributed by atoms with van der Waals surface area (Å²) in [7, 11) is 0. The molecule has 0 heterocycles. The lowest BCUT2D eigenvalue weighted by Gasteiger charge is -2.21. The average Bonchev–Trinajstić information content (AvgIpc) is 1.82. The van der Waals surface area contributed by atoms with Crippen molar-refractivity contribution in [1.29, 1.82) is 0 Å². The third-order valence-corrected chi connectivity index (χ3v) is 2.53. The van der Waals surface area contributed by atoms with E-state index in [9.17, 15) is 5.11 Å². The first kappa shape index (κ1) is 9.80. The van der Waals surface area contributed by atoms with Crippen molar-refractivity contribution in [3.8, 4) is 5.75 Å². The van der Waals surface area contributed by atoms with E-state index in [4.69, 9.17) is 5.73 Å². The number of nitrogens with two attached hydrogens (primary N) is 1. The van der Waals surface area contributed by atoms with E-state index in [2.05, 4.69) is 22.6 Å². The Morgan fingerprint density at radius 1 is 1.42 bits per heavy atom. The Morgan fingerprint density at radius 3 is 2.33 bits per heavy atom. The Morgan fingerprint density at radius 2 is 2.00 bits per heavy atom. The summed E-state index contributed by atoms with van der Waals surface area (Å²) in [6.07, 6.45) is 0. The second kappa shape index (κ2) is 3.22. The molecule has 1 aromatic carbocycles. The van der Waals surface area contributed by atoms with Crippen LogP contribution in [-0.4, -0.2) is 5.11 Å². The molecule has 0 spiro atoms. The van der Waals surface area contributed by atoms with E-state index in [1.165, 1.54) is 0 Å². The Kier molecular flexibility index (Phi) is 2.63. The highest BCUT2D eigenvalue weighted by molar-refractivity contribution is 14.1. The third kappa shape index (κ3) is 1.90. The van der Waals surface area contributed by atoms with Crippen molar-refractivity contribution in [2.24, 2.45) is 5.73 Å². The maximum Gasteiger partial charge on any atom is 0.121 e. The van der Waals surface area contributed by atoms with Gasteiger partial charge in [0.25, 0.3) is 0 Å². The molecule has 0 unspecified atom stereocenters. The molecule has 0 saturated carbocycles. The summed E-state index contributed by atoms with van der Waals surface area (Å²) in [5.41, 5.74) is 6.22. The molecule has 0 saturated heterocycles. The van der Waals surface area contributed by atoms with Crippen molar-refractivity contribution in [3.63, 3.8) is 0 Å². The van der Waals surface area contributed by atoms with Crippen LogP contribution >= 0.6 is 22.6 Å². The molecule has 3 N–H and O–H groups in total. The normalized spacial score (nSPS) is 11.7.